The van der Waals surface area contributed by atoms with Crippen LogP contribution in [0, 0.1) is 0 Å². The monoisotopic (exact) mass is 480 g/mol. The Balaban J connectivity index is 1.17. The Hall–Kier alpha value is -2.45. The van der Waals surface area contributed by atoms with Crippen LogP contribution in [0.1, 0.15) is 69.4 Å². The average Bonchev–Trinajstić information content (AvgIpc) is 3.51. The molecule has 1 aromatic carbocycles. The molecule has 3 aliphatic rings. The second kappa shape index (κ2) is 9.90. The molecule has 4 heterocycles. The first-order valence-corrected chi connectivity index (χ1v) is 13.3. The van der Waals surface area contributed by atoms with E-state index in [1.54, 1.807) is 6.92 Å². The van der Waals surface area contributed by atoms with Crippen molar-refractivity contribution in [2.75, 3.05) is 33.2 Å². The molecule has 2 amide bonds. The molecule has 0 unspecified atom stereocenters. The summed E-state index contributed by atoms with van der Waals surface area (Å²) in [4.78, 5) is 32.1. The smallest absolute Gasteiger partial charge is 0.272 e. The van der Waals surface area contributed by atoms with Gasteiger partial charge in [0, 0.05) is 75.7 Å². The molecular weight excluding hydrogens is 440 g/mol. The fraction of sp³-hybridized carbons (Fsp3) is 0.667. The molecule has 0 radical (unpaired) electrons. The van der Waals surface area contributed by atoms with Gasteiger partial charge in [-0.05, 0) is 52.0 Å². The molecule has 0 aliphatic carbocycles. The van der Waals surface area contributed by atoms with E-state index in [2.05, 4.69) is 34.1 Å². The van der Waals surface area contributed by atoms with Crippen LogP contribution in [0.25, 0.3) is 10.9 Å². The van der Waals surface area contributed by atoms with E-state index in [-0.39, 0.29) is 23.9 Å². The van der Waals surface area contributed by atoms with Crippen molar-refractivity contribution in [3.63, 3.8) is 0 Å². The lowest BCUT2D eigenvalue weighted by Gasteiger charge is -2.39. The first kappa shape index (κ1) is 24.3. The number of nitrogens with zero attached hydrogens (tertiary/aromatic N) is 5. The Morgan fingerprint density at radius 3 is 2.51 bits per heavy atom. The molecule has 2 bridgehead atoms. The van der Waals surface area contributed by atoms with E-state index in [0.717, 1.165) is 56.3 Å². The zero-order valence-corrected chi connectivity index (χ0v) is 21.6. The zero-order valence-electron chi connectivity index (χ0n) is 21.6. The van der Waals surface area contributed by atoms with Crippen molar-refractivity contribution >= 4 is 22.7 Å². The minimum atomic E-state index is -0.0452. The molecule has 8 nitrogen and oxygen atoms in total. The van der Waals surface area contributed by atoms with Crippen LogP contribution in [0.4, 0.5) is 0 Å². The minimum absolute atomic E-state index is 0.0452. The van der Waals surface area contributed by atoms with Crippen molar-refractivity contribution in [1.29, 1.82) is 0 Å². The SMILES string of the molecule is CC(=O)N(C)[C@H]1CCN(CCN2[C@@H]3CC[C@H]2C[C@H](NC(=O)c2nn(C(C)C)c4ccccc24)C3)C1. The topological polar surface area (TPSA) is 73.7 Å². The molecule has 5 rings (SSSR count). The number of carbonyl (C=O) groups excluding carboxylic acids is 2. The van der Waals surface area contributed by atoms with Gasteiger partial charge in [0.2, 0.25) is 5.91 Å². The lowest BCUT2D eigenvalue weighted by atomic mass is 9.97. The Morgan fingerprint density at radius 1 is 1.11 bits per heavy atom. The number of para-hydroxylation sites is 1. The Kier molecular flexibility index (Phi) is 6.86. The van der Waals surface area contributed by atoms with Crippen molar-refractivity contribution in [1.82, 2.24) is 29.8 Å². The number of amides is 2. The van der Waals surface area contributed by atoms with Gasteiger partial charge in [-0.25, -0.2) is 0 Å². The predicted molar refractivity (Wildman–Crippen MR) is 137 cm³/mol. The third-order valence-electron chi connectivity index (χ3n) is 8.50. The third-order valence-corrected chi connectivity index (χ3v) is 8.50. The first-order chi connectivity index (χ1) is 16.8. The van der Waals surface area contributed by atoms with Crippen LogP contribution < -0.4 is 5.32 Å². The number of hydrogen-bond donors (Lipinski definition) is 1. The molecule has 3 fully saturated rings. The number of rotatable bonds is 7. The predicted octanol–water partition coefficient (Wildman–Crippen LogP) is 2.90. The first-order valence-electron chi connectivity index (χ1n) is 13.3. The summed E-state index contributed by atoms with van der Waals surface area (Å²) in [6.07, 6.45) is 5.54. The maximum Gasteiger partial charge on any atom is 0.272 e. The quantitative estimate of drug-likeness (QED) is 0.660. The molecule has 1 aromatic heterocycles. The standard InChI is InChI=1S/C27H40N6O2/c1-18(2)33-25-8-6-5-7-24(25)26(29-33)27(35)28-20-15-21-9-10-22(16-20)32(21)14-13-31-12-11-23(17-31)30(4)19(3)34/h5-8,18,20-23H,9-17H2,1-4H3,(H,28,35)/t20-,21-,22+,23-/m0/s1. The average molecular weight is 481 g/mol. The number of hydrogen-bond acceptors (Lipinski definition) is 5. The number of likely N-dealkylation sites (N-methyl/N-ethyl adjacent to an activating group) is 1. The highest BCUT2D eigenvalue weighted by Crippen LogP contribution is 2.36. The van der Waals surface area contributed by atoms with E-state index < -0.39 is 0 Å². The van der Waals surface area contributed by atoms with Crippen LogP contribution in [0.3, 0.4) is 0 Å². The van der Waals surface area contributed by atoms with E-state index in [9.17, 15) is 9.59 Å². The number of piperidine rings is 1. The van der Waals surface area contributed by atoms with Crippen LogP contribution in [0.15, 0.2) is 24.3 Å². The van der Waals surface area contributed by atoms with E-state index in [1.165, 1.54) is 12.8 Å². The molecule has 190 valence electrons. The van der Waals surface area contributed by atoms with E-state index in [4.69, 9.17) is 0 Å². The summed E-state index contributed by atoms with van der Waals surface area (Å²) >= 11 is 0. The number of likely N-dealkylation sites (tertiary alicyclic amines) is 1. The third kappa shape index (κ3) is 4.83. The molecule has 0 saturated carbocycles. The molecule has 1 N–H and O–H groups in total. The molecule has 3 aliphatic heterocycles. The van der Waals surface area contributed by atoms with Crippen molar-refractivity contribution in [2.45, 2.75) is 83.1 Å². The van der Waals surface area contributed by atoms with Crippen molar-refractivity contribution in [3.8, 4) is 0 Å². The summed E-state index contributed by atoms with van der Waals surface area (Å²) in [5.41, 5.74) is 1.56. The van der Waals surface area contributed by atoms with Crippen LogP contribution in [0.5, 0.6) is 0 Å². The van der Waals surface area contributed by atoms with Gasteiger partial charge in [-0.2, -0.15) is 5.10 Å². The van der Waals surface area contributed by atoms with Gasteiger partial charge in [0.1, 0.15) is 0 Å². The number of nitrogens with one attached hydrogen (secondary N) is 1. The maximum atomic E-state index is 13.3. The Bertz CT molecular complexity index is 1070. The van der Waals surface area contributed by atoms with E-state index in [0.29, 0.717) is 23.8 Å². The Morgan fingerprint density at radius 2 is 1.83 bits per heavy atom. The van der Waals surface area contributed by atoms with Crippen molar-refractivity contribution in [3.05, 3.63) is 30.0 Å². The molecule has 8 heteroatoms. The van der Waals surface area contributed by atoms with Crippen LogP contribution in [0.2, 0.25) is 0 Å². The van der Waals surface area contributed by atoms with Crippen LogP contribution in [-0.4, -0.2) is 93.7 Å². The van der Waals surface area contributed by atoms with Gasteiger partial charge in [-0.15, -0.1) is 0 Å². The lowest BCUT2D eigenvalue weighted by Crippen LogP contribution is -2.52. The van der Waals surface area contributed by atoms with Crippen LogP contribution in [-0.2, 0) is 4.79 Å². The molecule has 0 spiro atoms. The second-order valence-electron chi connectivity index (χ2n) is 11.0. The van der Waals surface area contributed by atoms with Gasteiger partial charge < -0.3 is 10.2 Å². The number of fused-ring (bicyclic) bond motifs is 3. The summed E-state index contributed by atoms with van der Waals surface area (Å²) in [6, 6.07) is 9.86. The summed E-state index contributed by atoms with van der Waals surface area (Å²) < 4.78 is 1.95. The molecule has 2 aromatic rings. The largest absolute Gasteiger partial charge is 0.348 e. The summed E-state index contributed by atoms with van der Waals surface area (Å²) in [7, 11) is 1.92. The summed E-state index contributed by atoms with van der Waals surface area (Å²) in [5.74, 6) is 0.110. The van der Waals surface area contributed by atoms with Gasteiger partial charge in [-0.1, -0.05) is 18.2 Å². The second-order valence-corrected chi connectivity index (χ2v) is 11.0. The van der Waals surface area contributed by atoms with Gasteiger partial charge in [0.05, 0.1) is 5.52 Å². The molecular formula is C27H40N6O2. The van der Waals surface area contributed by atoms with Gasteiger partial charge in [0.25, 0.3) is 5.91 Å². The minimum Gasteiger partial charge on any atom is -0.348 e. The normalized spacial score (nSPS) is 27.1. The number of benzene rings is 1. The number of aromatic nitrogens is 2. The fourth-order valence-corrected chi connectivity index (χ4v) is 6.51. The van der Waals surface area contributed by atoms with Crippen molar-refractivity contribution in [2.24, 2.45) is 0 Å². The molecule has 35 heavy (non-hydrogen) atoms. The van der Waals surface area contributed by atoms with Gasteiger partial charge in [0.15, 0.2) is 5.69 Å². The van der Waals surface area contributed by atoms with Crippen LogP contribution >= 0.6 is 0 Å². The van der Waals surface area contributed by atoms with E-state index in [1.807, 2.05) is 40.9 Å². The Labute approximate surface area is 208 Å². The highest BCUT2D eigenvalue weighted by atomic mass is 16.2. The van der Waals surface area contributed by atoms with Gasteiger partial charge in [-0.3, -0.25) is 24.1 Å². The summed E-state index contributed by atoms with van der Waals surface area (Å²) in [6.45, 7) is 10.0. The molecule has 4 atom stereocenters. The summed E-state index contributed by atoms with van der Waals surface area (Å²) in [5, 5.41) is 8.96. The maximum absolute atomic E-state index is 13.3. The van der Waals surface area contributed by atoms with E-state index >= 15 is 0 Å². The molecule has 3 saturated heterocycles. The zero-order chi connectivity index (χ0) is 24.7. The number of carbonyl (C=O) groups is 2. The lowest BCUT2D eigenvalue weighted by molar-refractivity contribution is -0.129. The van der Waals surface area contributed by atoms with Gasteiger partial charge >= 0.3 is 0 Å². The highest BCUT2D eigenvalue weighted by molar-refractivity contribution is 6.05. The highest BCUT2D eigenvalue weighted by Gasteiger charge is 2.41. The fourth-order valence-electron chi connectivity index (χ4n) is 6.51. The van der Waals surface area contributed by atoms with Crippen molar-refractivity contribution < 1.29 is 9.59 Å².